The maximum absolute atomic E-state index is 14.6. The normalized spacial score (nSPS) is 24.0. The predicted molar refractivity (Wildman–Crippen MR) is 125 cm³/mol. The molecule has 2 aliphatic carbocycles. The molecule has 4 atom stereocenters. The third-order valence-corrected chi connectivity index (χ3v) is 7.50. The fourth-order valence-electron chi connectivity index (χ4n) is 5.83. The van der Waals surface area contributed by atoms with Crippen LogP contribution in [0.15, 0.2) is 36.4 Å². The van der Waals surface area contributed by atoms with E-state index in [0.717, 1.165) is 38.0 Å². The Morgan fingerprint density at radius 1 is 0.909 bits per heavy atom. The van der Waals surface area contributed by atoms with Gasteiger partial charge in [-0.25, -0.2) is 4.39 Å². The van der Waals surface area contributed by atoms with Gasteiger partial charge in [0.15, 0.2) is 11.6 Å². The van der Waals surface area contributed by atoms with Crippen molar-refractivity contribution in [3.63, 3.8) is 0 Å². The first kappa shape index (κ1) is 23.7. The number of rotatable bonds is 9. The number of unbranched alkanes of at least 4 members (excludes halogenated alkanes) is 1. The fourth-order valence-corrected chi connectivity index (χ4v) is 5.83. The summed E-state index contributed by atoms with van der Waals surface area (Å²) < 4.78 is 40.1. The predicted octanol–water partition coefficient (Wildman–Crippen LogP) is 7.57. The number of carbonyl (C=O) groups is 1. The molecule has 0 radical (unpaired) electrons. The summed E-state index contributed by atoms with van der Waals surface area (Å²) in [5.41, 5.74) is 0.671. The molecule has 0 spiro atoms. The third kappa shape index (κ3) is 5.07. The van der Waals surface area contributed by atoms with Crippen LogP contribution in [0.2, 0.25) is 0 Å². The fraction of sp³-hybridized carbons (Fsp3) is 0.536. The van der Waals surface area contributed by atoms with E-state index in [1.807, 2.05) is 6.92 Å². The standard InChI is InChI=1S/C28H34F2O3/c1-3-5-17-32-25-16-15-22(26(29)27(25)30)19-7-10-20(11-8-19)33-28(31)24-14-13-21-18(6-4-2)9-12-23(21)24/h7-8,10-11,15-16,18,21,23-24H,3-6,9,12-14,17H2,1-2H3. The second kappa shape index (κ2) is 10.7. The van der Waals surface area contributed by atoms with E-state index in [2.05, 4.69) is 6.92 Å². The Balaban J connectivity index is 1.40. The molecule has 3 nitrogen and oxygen atoms in total. The molecular formula is C28H34F2O3. The molecular weight excluding hydrogens is 422 g/mol. The second-order valence-corrected chi connectivity index (χ2v) is 9.52. The highest BCUT2D eigenvalue weighted by Gasteiger charge is 2.47. The molecule has 4 unspecified atom stereocenters. The van der Waals surface area contributed by atoms with E-state index in [1.165, 1.54) is 31.4 Å². The number of hydrogen-bond donors (Lipinski definition) is 0. The molecule has 178 valence electrons. The molecule has 0 aromatic heterocycles. The Morgan fingerprint density at radius 3 is 2.39 bits per heavy atom. The first-order chi connectivity index (χ1) is 16.0. The Kier molecular flexibility index (Phi) is 7.67. The number of esters is 1. The van der Waals surface area contributed by atoms with Gasteiger partial charge in [0, 0.05) is 5.56 Å². The van der Waals surface area contributed by atoms with Crippen LogP contribution < -0.4 is 9.47 Å². The van der Waals surface area contributed by atoms with Crippen LogP contribution in [0.25, 0.3) is 11.1 Å². The van der Waals surface area contributed by atoms with Crippen LogP contribution in [0, 0.1) is 35.3 Å². The lowest BCUT2D eigenvalue weighted by atomic mass is 9.87. The van der Waals surface area contributed by atoms with E-state index in [4.69, 9.17) is 9.47 Å². The number of hydrogen-bond acceptors (Lipinski definition) is 3. The van der Waals surface area contributed by atoms with E-state index in [1.54, 1.807) is 24.3 Å². The number of ether oxygens (including phenoxy) is 2. The third-order valence-electron chi connectivity index (χ3n) is 7.50. The Hall–Kier alpha value is -2.43. The van der Waals surface area contributed by atoms with E-state index in [0.29, 0.717) is 29.8 Å². The van der Waals surface area contributed by atoms with Gasteiger partial charge in [-0.15, -0.1) is 0 Å². The van der Waals surface area contributed by atoms with Crippen molar-refractivity contribution in [2.75, 3.05) is 6.61 Å². The summed E-state index contributed by atoms with van der Waals surface area (Å²) in [5, 5.41) is 0. The molecule has 33 heavy (non-hydrogen) atoms. The van der Waals surface area contributed by atoms with Crippen molar-refractivity contribution in [1.82, 2.24) is 0 Å². The zero-order valence-electron chi connectivity index (χ0n) is 19.6. The molecule has 2 aliphatic rings. The van der Waals surface area contributed by atoms with Crippen LogP contribution in [-0.4, -0.2) is 12.6 Å². The van der Waals surface area contributed by atoms with E-state index >= 15 is 0 Å². The molecule has 2 fully saturated rings. The van der Waals surface area contributed by atoms with Crippen molar-refractivity contribution in [2.24, 2.45) is 23.7 Å². The molecule has 0 amide bonds. The van der Waals surface area contributed by atoms with Gasteiger partial charge in [0.2, 0.25) is 5.82 Å². The van der Waals surface area contributed by atoms with E-state index in [-0.39, 0.29) is 23.2 Å². The van der Waals surface area contributed by atoms with Gasteiger partial charge in [-0.2, -0.15) is 4.39 Å². The van der Waals surface area contributed by atoms with Crippen molar-refractivity contribution < 1.29 is 23.0 Å². The van der Waals surface area contributed by atoms with Crippen LogP contribution in [0.3, 0.4) is 0 Å². The summed E-state index contributed by atoms with van der Waals surface area (Å²) in [7, 11) is 0. The van der Waals surface area contributed by atoms with Gasteiger partial charge in [0.1, 0.15) is 5.75 Å². The quantitative estimate of drug-likeness (QED) is 0.222. The Labute approximate surface area is 195 Å². The number of fused-ring (bicyclic) bond motifs is 1. The SMILES string of the molecule is CCCCOc1ccc(-c2ccc(OC(=O)C3CCC4C(CCC)CCC34)cc2)c(F)c1F. The van der Waals surface area contributed by atoms with Crippen LogP contribution >= 0.6 is 0 Å². The van der Waals surface area contributed by atoms with Crippen molar-refractivity contribution >= 4 is 5.97 Å². The van der Waals surface area contributed by atoms with Crippen molar-refractivity contribution in [3.05, 3.63) is 48.0 Å². The number of carbonyl (C=O) groups excluding carboxylic acids is 1. The highest BCUT2D eigenvalue weighted by atomic mass is 19.2. The number of halogens is 2. The molecule has 0 aliphatic heterocycles. The van der Waals surface area contributed by atoms with Gasteiger partial charge in [-0.05, 0) is 79.7 Å². The van der Waals surface area contributed by atoms with Gasteiger partial charge in [-0.3, -0.25) is 4.79 Å². The monoisotopic (exact) mass is 456 g/mol. The van der Waals surface area contributed by atoms with E-state index < -0.39 is 11.6 Å². The van der Waals surface area contributed by atoms with Crippen molar-refractivity contribution in [2.45, 2.75) is 65.2 Å². The molecule has 2 aromatic rings. The minimum atomic E-state index is -0.979. The van der Waals surface area contributed by atoms with Gasteiger partial charge in [-0.1, -0.05) is 45.2 Å². The minimum absolute atomic E-state index is 0.0247. The van der Waals surface area contributed by atoms with Gasteiger partial charge >= 0.3 is 5.97 Å². The van der Waals surface area contributed by atoms with Crippen LogP contribution in [-0.2, 0) is 4.79 Å². The van der Waals surface area contributed by atoms with Crippen LogP contribution in [0.5, 0.6) is 11.5 Å². The highest BCUT2D eigenvalue weighted by Crippen LogP contribution is 2.52. The van der Waals surface area contributed by atoms with E-state index in [9.17, 15) is 13.6 Å². The molecule has 0 N–H and O–H groups in total. The summed E-state index contributed by atoms with van der Waals surface area (Å²) >= 11 is 0. The summed E-state index contributed by atoms with van der Waals surface area (Å²) in [6.07, 6.45) is 8.54. The van der Waals surface area contributed by atoms with Crippen molar-refractivity contribution in [3.8, 4) is 22.6 Å². The smallest absolute Gasteiger partial charge is 0.314 e. The molecule has 0 bridgehead atoms. The minimum Gasteiger partial charge on any atom is -0.490 e. The zero-order chi connectivity index (χ0) is 23.4. The maximum Gasteiger partial charge on any atom is 0.314 e. The first-order valence-electron chi connectivity index (χ1n) is 12.5. The summed E-state index contributed by atoms with van der Waals surface area (Å²) in [6.45, 7) is 4.59. The second-order valence-electron chi connectivity index (χ2n) is 9.52. The van der Waals surface area contributed by atoms with Gasteiger partial charge in [0.05, 0.1) is 12.5 Å². The lowest BCUT2D eigenvalue weighted by Crippen LogP contribution is -2.25. The molecule has 2 saturated carbocycles. The van der Waals surface area contributed by atoms with Gasteiger partial charge in [0.25, 0.3) is 0 Å². The summed E-state index contributed by atoms with van der Waals surface area (Å²) in [6, 6.07) is 9.59. The first-order valence-corrected chi connectivity index (χ1v) is 12.5. The zero-order valence-corrected chi connectivity index (χ0v) is 19.6. The Morgan fingerprint density at radius 2 is 1.67 bits per heavy atom. The average Bonchev–Trinajstić information content (AvgIpc) is 3.41. The lowest BCUT2D eigenvalue weighted by molar-refractivity contribution is -0.140. The topological polar surface area (TPSA) is 35.5 Å². The summed E-state index contributed by atoms with van der Waals surface area (Å²) in [5.74, 6) is 0.146. The molecule has 5 heteroatoms. The molecule has 2 aromatic carbocycles. The van der Waals surface area contributed by atoms with Gasteiger partial charge < -0.3 is 9.47 Å². The number of benzene rings is 2. The lowest BCUT2D eigenvalue weighted by Gasteiger charge is -2.19. The highest BCUT2D eigenvalue weighted by molar-refractivity contribution is 5.76. The van der Waals surface area contributed by atoms with Crippen molar-refractivity contribution in [1.29, 1.82) is 0 Å². The molecule has 0 saturated heterocycles. The maximum atomic E-state index is 14.6. The molecule has 4 rings (SSSR count). The average molecular weight is 457 g/mol. The molecule has 0 heterocycles. The van der Waals surface area contributed by atoms with Crippen LogP contribution in [0.1, 0.15) is 65.2 Å². The van der Waals surface area contributed by atoms with Crippen LogP contribution in [0.4, 0.5) is 8.78 Å². The largest absolute Gasteiger partial charge is 0.490 e. The Bertz CT molecular complexity index is 956. The summed E-state index contributed by atoms with van der Waals surface area (Å²) in [4.78, 5) is 12.9.